The average molecular weight is 411 g/mol. The first-order chi connectivity index (χ1) is 14.6. The summed E-state index contributed by atoms with van der Waals surface area (Å²) < 4.78 is 18.2. The Hall–Kier alpha value is -2.41. The molecule has 0 aromatic heterocycles. The van der Waals surface area contributed by atoms with Gasteiger partial charge in [0, 0.05) is 20.0 Å². The molecular formula is C24H30N2O4. The highest BCUT2D eigenvalue weighted by molar-refractivity contribution is 5.75. The summed E-state index contributed by atoms with van der Waals surface area (Å²) >= 11 is 0. The molecule has 4 rings (SSSR count). The van der Waals surface area contributed by atoms with Crippen molar-refractivity contribution in [2.45, 2.75) is 44.0 Å². The second-order valence-corrected chi connectivity index (χ2v) is 8.20. The maximum absolute atomic E-state index is 11.1. The summed E-state index contributed by atoms with van der Waals surface area (Å²) in [4.78, 5) is 6.57. The number of benzene rings is 2. The summed E-state index contributed by atoms with van der Waals surface area (Å²) in [5.74, 6) is -0.0764. The molecule has 2 aromatic rings. The first-order valence-corrected chi connectivity index (χ1v) is 10.5. The van der Waals surface area contributed by atoms with Crippen LogP contribution >= 0.6 is 0 Å². The van der Waals surface area contributed by atoms with Gasteiger partial charge in [0.05, 0.1) is 25.9 Å². The lowest BCUT2D eigenvalue weighted by atomic mass is 9.80. The van der Waals surface area contributed by atoms with E-state index in [-0.39, 0.29) is 18.1 Å². The molecule has 1 heterocycles. The number of aliphatic imine (C=N–C) groups is 1. The van der Waals surface area contributed by atoms with Crippen LogP contribution in [0.5, 0.6) is 0 Å². The van der Waals surface area contributed by atoms with Gasteiger partial charge in [-0.3, -0.25) is 0 Å². The van der Waals surface area contributed by atoms with Crippen LogP contribution in [0.3, 0.4) is 0 Å². The number of rotatable bonds is 7. The standard InChI is InChI=1S/C24H30N2O4/c1-26(2)24-25-21-20(30-24)13-19(16-28-14-17-9-5-3-6-10-17)22(27)23(21)29-15-18-11-7-4-8-12-18/h3-12,19-23,27H,13-16H2,1-2H3/t19-,20+,21-,22-,23-/m1/s1. The Bertz CT molecular complexity index is 828. The molecule has 0 radical (unpaired) electrons. The molecule has 1 saturated carbocycles. The van der Waals surface area contributed by atoms with E-state index >= 15 is 0 Å². The summed E-state index contributed by atoms with van der Waals surface area (Å²) in [6.45, 7) is 1.40. The van der Waals surface area contributed by atoms with E-state index in [1.54, 1.807) is 0 Å². The van der Waals surface area contributed by atoms with E-state index in [0.29, 0.717) is 32.3 Å². The number of amidine groups is 1. The van der Waals surface area contributed by atoms with Gasteiger partial charge in [-0.2, -0.15) is 0 Å². The largest absolute Gasteiger partial charge is 0.459 e. The third-order valence-electron chi connectivity index (χ3n) is 5.70. The van der Waals surface area contributed by atoms with Gasteiger partial charge in [0.2, 0.25) is 0 Å². The van der Waals surface area contributed by atoms with Crippen LogP contribution in [-0.2, 0) is 27.4 Å². The molecule has 0 bridgehead atoms. The summed E-state index contributed by atoms with van der Waals surface area (Å²) in [6, 6.07) is 20.4. The van der Waals surface area contributed by atoms with E-state index in [0.717, 1.165) is 11.1 Å². The minimum Gasteiger partial charge on any atom is -0.459 e. The van der Waals surface area contributed by atoms with Gasteiger partial charge in [0.15, 0.2) is 0 Å². The zero-order valence-electron chi connectivity index (χ0n) is 17.6. The highest BCUT2D eigenvalue weighted by Gasteiger charge is 2.49. The number of fused-ring (bicyclic) bond motifs is 1. The maximum Gasteiger partial charge on any atom is 0.287 e. The van der Waals surface area contributed by atoms with Crippen molar-refractivity contribution < 1.29 is 19.3 Å². The Morgan fingerprint density at radius 1 is 1.00 bits per heavy atom. The number of hydrogen-bond donors (Lipinski definition) is 1. The lowest BCUT2D eigenvalue weighted by molar-refractivity contribution is -0.134. The molecule has 0 saturated heterocycles. The SMILES string of the molecule is CN(C)C1=N[C@H]2[C@@H](OCc3ccccc3)[C@H](O)[C@@H](COCc3ccccc3)C[C@@H]2O1. The summed E-state index contributed by atoms with van der Waals surface area (Å²) in [7, 11) is 3.82. The minimum absolute atomic E-state index is 0.0764. The Morgan fingerprint density at radius 3 is 2.27 bits per heavy atom. The van der Waals surface area contributed by atoms with Crippen molar-refractivity contribution in [1.29, 1.82) is 0 Å². The van der Waals surface area contributed by atoms with E-state index in [9.17, 15) is 5.11 Å². The molecule has 0 amide bonds. The molecular weight excluding hydrogens is 380 g/mol. The van der Waals surface area contributed by atoms with E-state index in [4.69, 9.17) is 19.2 Å². The Balaban J connectivity index is 1.43. The zero-order chi connectivity index (χ0) is 20.9. The van der Waals surface area contributed by atoms with Crippen molar-refractivity contribution in [3.05, 3.63) is 71.8 Å². The molecule has 1 aliphatic carbocycles. The quantitative estimate of drug-likeness (QED) is 0.761. The monoisotopic (exact) mass is 410 g/mol. The normalized spacial score (nSPS) is 27.8. The van der Waals surface area contributed by atoms with Crippen LogP contribution < -0.4 is 0 Å². The Kier molecular flexibility index (Phi) is 6.67. The molecule has 1 fully saturated rings. The summed E-state index contributed by atoms with van der Waals surface area (Å²) in [6.07, 6.45) is -0.532. The average Bonchev–Trinajstić information content (AvgIpc) is 3.19. The fourth-order valence-corrected chi connectivity index (χ4v) is 4.08. The van der Waals surface area contributed by atoms with E-state index in [1.807, 2.05) is 79.7 Å². The number of hydrogen-bond acceptors (Lipinski definition) is 6. The van der Waals surface area contributed by atoms with Crippen molar-refractivity contribution in [2.24, 2.45) is 10.9 Å². The van der Waals surface area contributed by atoms with Crippen molar-refractivity contribution >= 4 is 6.02 Å². The fraction of sp³-hybridized carbons (Fsp3) is 0.458. The van der Waals surface area contributed by atoms with Gasteiger partial charge in [-0.15, -0.1) is 0 Å². The molecule has 2 aromatic carbocycles. The van der Waals surface area contributed by atoms with Gasteiger partial charge in [-0.25, -0.2) is 4.99 Å². The predicted molar refractivity (Wildman–Crippen MR) is 115 cm³/mol. The van der Waals surface area contributed by atoms with Gasteiger partial charge < -0.3 is 24.2 Å². The van der Waals surface area contributed by atoms with Crippen molar-refractivity contribution in [3.63, 3.8) is 0 Å². The van der Waals surface area contributed by atoms with Crippen LogP contribution in [0.25, 0.3) is 0 Å². The first kappa shape index (κ1) is 20.8. The van der Waals surface area contributed by atoms with Gasteiger partial charge in [-0.1, -0.05) is 60.7 Å². The van der Waals surface area contributed by atoms with Crippen LogP contribution in [-0.4, -0.2) is 61.1 Å². The van der Waals surface area contributed by atoms with Gasteiger partial charge in [0.25, 0.3) is 6.02 Å². The molecule has 1 aliphatic heterocycles. The molecule has 0 unspecified atom stereocenters. The van der Waals surface area contributed by atoms with Crippen LogP contribution in [0.2, 0.25) is 0 Å². The number of aliphatic hydroxyl groups is 1. The Morgan fingerprint density at radius 2 is 1.63 bits per heavy atom. The third kappa shape index (κ3) is 4.83. The summed E-state index contributed by atoms with van der Waals surface area (Å²) in [5.41, 5.74) is 2.19. The third-order valence-corrected chi connectivity index (χ3v) is 5.70. The van der Waals surface area contributed by atoms with E-state index < -0.39 is 12.2 Å². The number of nitrogens with zero attached hydrogens (tertiary/aromatic N) is 2. The lowest BCUT2D eigenvalue weighted by Crippen LogP contribution is -2.54. The second-order valence-electron chi connectivity index (χ2n) is 8.20. The van der Waals surface area contributed by atoms with Crippen LogP contribution in [0, 0.1) is 5.92 Å². The Labute approximate surface area is 178 Å². The van der Waals surface area contributed by atoms with Crippen LogP contribution in [0.1, 0.15) is 17.5 Å². The van der Waals surface area contributed by atoms with E-state index in [1.165, 1.54) is 0 Å². The molecule has 30 heavy (non-hydrogen) atoms. The molecule has 0 spiro atoms. The van der Waals surface area contributed by atoms with Crippen molar-refractivity contribution in [2.75, 3.05) is 20.7 Å². The van der Waals surface area contributed by atoms with Crippen molar-refractivity contribution in [3.8, 4) is 0 Å². The highest BCUT2D eigenvalue weighted by Crippen LogP contribution is 2.35. The minimum atomic E-state index is -0.667. The molecule has 2 aliphatic rings. The fourth-order valence-electron chi connectivity index (χ4n) is 4.08. The van der Waals surface area contributed by atoms with Crippen LogP contribution in [0.4, 0.5) is 0 Å². The van der Waals surface area contributed by atoms with Crippen LogP contribution in [0.15, 0.2) is 65.7 Å². The molecule has 160 valence electrons. The second kappa shape index (κ2) is 9.60. The molecule has 1 N–H and O–H groups in total. The topological polar surface area (TPSA) is 63.5 Å². The lowest BCUT2D eigenvalue weighted by Gasteiger charge is -2.39. The zero-order valence-corrected chi connectivity index (χ0v) is 17.6. The van der Waals surface area contributed by atoms with E-state index in [2.05, 4.69) is 0 Å². The predicted octanol–water partition coefficient (Wildman–Crippen LogP) is 2.85. The van der Waals surface area contributed by atoms with Gasteiger partial charge in [-0.05, 0) is 17.5 Å². The number of ether oxygens (including phenoxy) is 3. The first-order valence-electron chi connectivity index (χ1n) is 10.5. The van der Waals surface area contributed by atoms with Crippen molar-refractivity contribution in [1.82, 2.24) is 4.90 Å². The molecule has 5 atom stereocenters. The van der Waals surface area contributed by atoms with Gasteiger partial charge in [0.1, 0.15) is 18.2 Å². The highest BCUT2D eigenvalue weighted by atomic mass is 16.5. The maximum atomic E-state index is 11.1. The molecule has 6 heteroatoms. The smallest absolute Gasteiger partial charge is 0.287 e. The van der Waals surface area contributed by atoms with Gasteiger partial charge >= 0.3 is 0 Å². The number of aliphatic hydroxyl groups excluding tert-OH is 1. The molecule has 6 nitrogen and oxygen atoms in total. The summed E-state index contributed by atoms with van der Waals surface area (Å²) in [5, 5.41) is 11.1.